The van der Waals surface area contributed by atoms with Crippen LogP contribution in [0.15, 0.2) is 24.3 Å². The van der Waals surface area contributed by atoms with Crippen molar-refractivity contribution in [3.05, 3.63) is 24.3 Å². The molecular weight excluding hydrogens is 340 g/mol. The van der Waals surface area contributed by atoms with Gasteiger partial charge in [0.05, 0.1) is 6.10 Å². The number of ether oxygens (including phenoxy) is 2. The van der Waals surface area contributed by atoms with Gasteiger partial charge in [-0.05, 0) is 75.9 Å². The van der Waals surface area contributed by atoms with E-state index in [2.05, 4.69) is 10.2 Å². The van der Waals surface area contributed by atoms with Gasteiger partial charge in [0.15, 0.2) is 0 Å². The summed E-state index contributed by atoms with van der Waals surface area (Å²) >= 11 is 0. The molecule has 5 heteroatoms. The number of hydrogen-bond donors (Lipinski definition) is 1. The smallest absolute Gasteiger partial charge is 0.227 e. The Morgan fingerprint density at radius 2 is 1.78 bits per heavy atom. The van der Waals surface area contributed by atoms with Crippen LogP contribution in [0.25, 0.3) is 0 Å². The Morgan fingerprint density at radius 3 is 2.44 bits per heavy atom. The lowest BCUT2D eigenvalue weighted by Gasteiger charge is -2.35. The molecule has 1 N–H and O–H groups in total. The lowest BCUT2D eigenvalue weighted by Crippen LogP contribution is -2.42. The number of carbonyl (C=O) groups excluding carboxylic acids is 1. The van der Waals surface area contributed by atoms with E-state index in [-0.39, 0.29) is 17.9 Å². The molecular formula is C22H32N2O3. The fraction of sp³-hybridized carbons (Fsp3) is 0.682. The summed E-state index contributed by atoms with van der Waals surface area (Å²) < 4.78 is 11.4. The minimum Gasteiger partial charge on any atom is -0.491 e. The summed E-state index contributed by atoms with van der Waals surface area (Å²) in [6.07, 6.45) is 9.81. The number of rotatable bonds is 6. The maximum Gasteiger partial charge on any atom is 0.227 e. The highest BCUT2D eigenvalue weighted by atomic mass is 16.5. The first-order valence-corrected chi connectivity index (χ1v) is 10.7. The van der Waals surface area contributed by atoms with Gasteiger partial charge in [-0.1, -0.05) is 12.8 Å². The second-order valence-electron chi connectivity index (χ2n) is 8.21. The summed E-state index contributed by atoms with van der Waals surface area (Å²) in [6, 6.07) is 8.48. The normalized spacial score (nSPS) is 25.0. The number of nitrogens with one attached hydrogen (secondary N) is 1. The molecule has 1 atom stereocenters. The molecule has 2 heterocycles. The number of piperidine rings is 1. The van der Waals surface area contributed by atoms with Crippen LogP contribution in [0.4, 0.5) is 5.69 Å². The van der Waals surface area contributed by atoms with Crippen LogP contribution in [0.3, 0.4) is 0 Å². The third kappa shape index (κ3) is 5.02. The maximum absolute atomic E-state index is 12.6. The highest BCUT2D eigenvalue weighted by molar-refractivity contribution is 5.92. The van der Waals surface area contributed by atoms with Crippen LogP contribution in [0.5, 0.6) is 5.75 Å². The van der Waals surface area contributed by atoms with E-state index in [0.29, 0.717) is 6.61 Å². The Labute approximate surface area is 162 Å². The Balaban J connectivity index is 1.21. The van der Waals surface area contributed by atoms with Gasteiger partial charge < -0.3 is 19.7 Å². The SMILES string of the molecule is O=C(Nc1ccc(OCC2CCCO2)cc1)C1CCN(C2CCCC2)CC1. The molecule has 27 heavy (non-hydrogen) atoms. The second-order valence-corrected chi connectivity index (χ2v) is 8.21. The third-order valence-electron chi connectivity index (χ3n) is 6.32. The van der Waals surface area contributed by atoms with Crippen LogP contribution in [0.1, 0.15) is 51.4 Å². The maximum atomic E-state index is 12.6. The summed E-state index contributed by atoms with van der Waals surface area (Å²) in [5.41, 5.74) is 0.850. The molecule has 148 valence electrons. The minimum absolute atomic E-state index is 0.137. The number of hydrogen-bond acceptors (Lipinski definition) is 4. The molecule has 3 fully saturated rings. The second kappa shape index (κ2) is 9.07. The highest BCUT2D eigenvalue weighted by Crippen LogP contribution is 2.28. The van der Waals surface area contributed by atoms with Crippen molar-refractivity contribution in [2.24, 2.45) is 5.92 Å². The lowest BCUT2D eigenvalue weighted by molar-refractivity contribution is -0.121. The van der Waals surface area contributed by atoms with Crippen molar-refractivity contribution < 1.29 is 14.3 Å². The summed E-state index contributed by atoms with van der Waals surface area (Å²) in [7, 11) is 0. The molecule has 1 aromatic rings. The summed E-state index contributed by atoms with van der Waals surface area (Å²) in [5.74, 6) is 1.13. The van der Waals surface area contributed by atoms with Crippen LogP contribution >= 0.6 is 0 Å². The predicted molar refractivity (Wildman–Crippen MR) is 106 cm³/mol. The van der Waals surface area contributed by atoms with E-state index in [1.165, 1.54) is 25.7 Å². The van der Waals surface area contributed by atoms with E-state index in [4.69, 9.17) is 9.47 Å². The van der Waals surface area contributed by atoms with Crippen LogP contribution in [0, 0.1) is 5.92 Å². The number of carbonyl (C=O) groups is 1. The first-order valence-electron chi connectivity index (χ1n) is 10.7. The van der Waals surface area contributed by atoms with E-state index < -0.39 is 0 Å². The van der Waals surface area contributed by atoms with Gasteiger partial charge >= 0.3 is 0 Å². The molecule has 3 aliphatic rings. The number of benzene rings is 1. The Hall–Kier alpha value is -1.59. The number of amides is 1. The number of likely N-dealkylation sites (tertiary alicyclic amines) is 1. The van der Waals surface area contributed by atoms with E-state index in [1.807, 2.05) is 24.3 Å². The quantitative estimate of drug-likeness (QED) is 0.824. The Kier molecular flexibility index (Phi) is 6.30. The molecule has 2 saturated heterocycles. The molecule has 2 aliphatic heterocycles. The molecule has 0 aromatic heterocycles. The first-order chi connectivity index (χ1) is 13.3. The van der Waals surface area contributed by atoms with Crippen LogP contribution in [-0.2, 0) is 9.53 Å². The van der Waals surface area contributed by atoms with Crippen molar-refractivity contribution >= 4 is 11.6 Å². The molecule has 1 aromatic carbocycles. The fourth-order valence-corrected chi connectivity index (χ4v) is 4.64. The van der Waals surface area contributed by atoms with Crippen molar-refractivity contribution in [3.63, 3.8) is 0 Å². The van der Waals surface area contributed by atoms with Gasteiger partial charge in [-0.3, -0.25) is 4.79 Å². The van der Waals surface area contributed by atoms with Gasteiger partial charge in [0.25, 0.3) is 0 Å². The van der Waals surface area contributed by atoms with Crippen molar-refractivity contribution in [3.8, 4) is 5.75 Å². The van der Waals surface area contributed by atoms with Crippen LogP contribution < -0.4 is 10.1 Å². The number of nitrogens with zero attached hydrogens (tertiary/aromatic N) is 1. The lowest BCUT2D eigenvalue weighted by atomic mass is 9.94. The molecule has 1 amide bonds. The molecule has 4 rings (SSSR count). The predicted octanol–water partition coefficient (Wildman–Crippen LogP) is 3.84. The summed E-state index contributed by atoms with van der Waals surface area (Å²) in [6.45, 7) is 3.58. The zero-order valence-corrected chi connectivity index (χ0v) is 16.2. The van der Waals surface area contributed by atoms with E-state index in [0.717, 1.165) is 62.9 Å². The van der Waals surface area contributed by atoms with Crippen LogP contribution in [0.2, 0.25) is 0 Å². The molecule has 0 radical (unpaired) electrons. The average Bonchev–Trinajstić information content (AvgIpc) is 3.42. The van der Waals surface area contributed by atoms with Crippen molar-refractivity contribution in [1.82, 2.24) is 4.90 Å². The van der Waals surface area contributed by atoms with Gasteiger partial charge in [0, 0.05) is 24.3 Å². The third-order valence-corrected chi connectivity index (χ3v) is 6.32. The van der Waals surface area contributed by atoms with Gasteiger partial charge in [-0.25, -0.2) is 0 Å². The highest BCUT2D eigenvalue weighted by Gasteiger charge is 2.30. The average molecular weight is 373 g/mol. The summed E-state index contributed by atoms with van der Waals surface area (Å²) in [4.78, 5) is 15.2. The first kappa shape index (κ1) is 18.8. The number of anilines is 1. The van der Waals surface area contributed by atoms with Crippen molar-refractivity contribution in [2.45, 2.75) is 63.5 Å². The summed E-state index contributed by atoms with van der Waals surface area (Å²) in [5, 5.41) is 3.08. The van der Waals surface area contributed by atoms with E-state index in [9.17, 15) is 4.79 Å². The molecule has 1 unspecified atom stereocenters. The minimum atomic E-state index is 0.137. The Bertz CT molecular complexity index is 598. The monoisotopic (exact) mass is 372 g/mol. The Morgan fingerprint density at radius 1 is 1.04 bits per heavy atom. The molecule has 0 bridgehead atoms. The van der Waals surface area contributed by atoms with Gasteiger partial charge in [0.1, 0.15) is 12.4 Å². The molecule has 0 spiro atoms. The molecule has 5 nitrogen and oxygen atoms in total. The fourth-order valence-electron chi connectivity index (χ4n) is 4.64. The molecule has 1 saturated carbocycles. The standard InChI is InChI=1S/C22H32N2O3/c25-22(17-11-13-24(14-12-17)19-4-1-2-5-19)23-18-7-9-20(10-8-18)27-16-21-6-3-15-26-21/h7-10,17,19,21H,1-6,11-16H2,(H,23,25). The van der Waals surface area contributed by atoms with E-state index >= 15 is 0 Å². The van der Waals surface area contributed by atoms with Crippen molar-refractivity contribution in [1.29, 1.82) is 0 Å². The zero-order valence-electron chi connectivity index (χ0n) is 16.2. The zero-order chi connectivity index (χ0) is 18.5. The molecule has 1 aliphatic carbocycles. The van der Waals surface area contributed by atoms with Crippen molar-refractivity contribution in [2.75, 3.05) is 31.6 Å². The topological polar surface area (TPSA) is 50.8 Å². The largest absolute Gasteiger partial charge is 0.491 e. The van der Waals surface area contributed by atoms with Gasteiger partial charge in [-0.2, -0.15) is 0 Å². The van der Waals surface area contributed by atoms with Crippen LogP contribution in [-0.4, -0.2) is 49.3 Å². The van der Waals surface area contributed by atoms with Gasteiger partial charge in [-0.15, -0.1) is 0 Å². The van der Waals surface area contributed by atoms with Gasteiger partial charge in [0.2, 0.25) is 5.91 Å². The van der Waals surface area contributed by atoms with E-state index in [1.54, 1.807) is 0 Å².